The summed E-state index contributed by atoms with van der Waals surface area (Å²) in [7, 11) is -0.790. The number of hydrazine groups is 1. The quantitative estimate of drug-likeness (QED) is 0.438. The van der Waals surface area contributed by atoms with E-state index in [4.69, 9.17) is 9.47 Å². The van der Waals surface area contributed by atoms with Crippen molar-refractivity contribution in [2.45, 2.75) is 30.7 Å². The first-order valence-corrected chi connectivity index (χ1v) is 11.1. The number of amides is 2. The Labute approximate surface area is 181 Å². The molecule has 1 atom stereocenters. The molecule has 0 aliphatic carbocycles. The molecule has 1 unspecified atom stereocenters. The summed E-state index contributed by atoms with van der Waals surface area (Å²) in [5, 5.41) is 0. The molecule has 0 bridgehead atoms. The fourth-order valence-electron chi connectivity index (χ4n) is 3.23. The van der Waals surface area contributed by atoms with E-state index >= 15 is 0 Å². The lowest BCUT2D eigenvalue weighted by Gasteiger charge is -2.16. The van der Waals surface area contributed by atoms with Crippen LogP contribution in [-0.2, 0) is 26.0 Å². The normalized spacial score (nSPS) is 16.6. The van der Waals surface area contributed by atoms with E-state index < -0.39 is 22.0 Å². The van der Waals surface area contributed by atoms with Gasteiger partial charge in [-0.05, 0) is 43.2 Å². The van der Waals surface area contributed by atoms with Crippen LogP contribution in [0.2, 0.25) is 0 Å². The maximum Gasteiger partial charge on any atom is 0.253 e. The molecule has 166 valence electrons. The van der Waals surface area contributed by atoms with Crippen LogP contribution in [0.5, 0.6) is 11.5 Å². The Morgan fingerprint density at radius 2 is 1.71 bits per heavy atom. The van der Waals surface area contributed by atoms with Gasteiger partial charge in [-0.25, -0.2) is 13.8 Å². The molecule has 1 heterocycles. The number of hydrogen-bond donors (Lipinski definition) is 2. The second-order valence-corrected chi connectivity index (χ2v) is 8.82. The van der Waals surface area contributed by atoms with Gasteiger partial charge in [0.15, 0.2) is 11.5 Å². The molecular weight excluding hydrogens is 422 g/mol. The molecule has 0 radical (unpaired) electrons. The van der Waals surface area contributed by atoms with Gasteiger partial charge < -0.3 is 9.47 Å². The standard InChI is InChI=1S/C21H25N3O6S/c1-14-4-7-16(8-5-14)31(27,28)23-22-17-13-20(25)24(21(17)26)11-10-15-6-9-18(29-2)19(12-15)30-3/h4-9,12,17,22-23H,10-11,13H2,1-3H3. The van der Waals surface area contributed by atoms with Crippen LogP contribution in [0.3, 0.4) is 0 Å². The monoisotopic (exact) mass is 447 g/mol. The van der Waals surface area contributed by atoms with Gasteiger partial charge in [0.1, 0.15) is 6.04 Å². The summed E-state index contributed by atoms with van der Waals surface area (Å²) in [5.41, 5.74) is 4.28. The number of hydrogen-bond acceptors (Lipinski definition) is 7. The Bertz CT molecular complexity index is 1070. The van der Waals surface area contributed by atoms with Crippen LogP contribution in [0, 0.1) is 6.92 Å². The van der Waals surface area contributed by atoms with E-state index in [1.165, 1.54) is 19.2 Å². The summed E-state index contributed by atoms with van der Waals surface area (Å²) in [6.45, 7) is 2.03. The van der Waals surface area contributed by atoms with Crippen LogP contribution >= 0.6 is 0 Å². The van der Waals surface area contributed by atoms with Crippen LogP contribution in [-0.4, -0.2) is 51.9 Å². The molecule has 1 aliphatic heterocycles. The van der Waals surface area contributed by atoms with Crippen molar-refractivity contribution in [2.24, 2.45) is 0 Å². The number of aryl methyl sites for hydroxylation is 1. The number of benzene rings is 2. The van der Waals surface area contributed by atoms with Crippen molar-refractivity contribution >= 4 is 21.8 Å². The topological polar surface area (TPSA) is 114 Å². The number of nitrogens with zero attached hydrogens (tertiary/aromatic N) is 1. The van der Waals surface area contributed by atoms with Crippen LogP contribution < -0.4 is 19.7 Å². The van der Waals surface area contributed by atoms with E-state index in [2.05, 4.69) is 10.3 Å². The number of imide groups is 1. The average molecular weight is 448 g/mol. The summed E-state index contributed by atoms with van der Waals surface area (Å²) in [4.78, 5) is 28.3. The van der Waals surface area contributed by atoms with Crippen LogP contribution in [0.25, 0.3) is 0 Å². The predicted molar refractivity (Wildman–Crippen MR) is 113 cm³/mol. The van der Waals surface area contributed by atoms with E-state index in [1.807, 2.05) is 13.0 Å². The second-order valence-electron chi connectivity index (χ2n) is 7.14. The van der Waals surface area contributed by atoms with E-state index in [0.29, 0.717) is 17.9 Å². The van der Waals surface area contributed by atoms with Crippen LogP contribution in [0.1, 0.15) is 17.5 Å². The fourth-order valence-corrected chi connectivity index (χ4v) is 4.14. The SMILES string of the molecule is COc1ccc(CCN2C(=O)CC(NNS(=O)(=O)c3ccc(C)cc3)C2=O)cc1OC. The number of sulfonamides is 1. The third-order valence-electron chi connectivity index (χ3n) is 5.01. The Morgan fingerprint density at radius 1 is 1.03 bits per heavy atom. The van der Waals surface area contributed by atoms with Crippen molar-refractivity contribution in [2.75, 3.05) is 20.8 Å². The molecule has 31 heavy (non-hydrogen) atoms. The Kier molecular flexibility index (Phi) is 6.94. The van der Waals surface area contributed by atoms with Gasteiger partial charge in [-0.2, -0.15) is 0 Å². The first-order valence-electron chi connectivity index (χ1n) is 9.64. The molecule has 1 aliphatic rings. The van der Waals surface area contributed by atoms with Crippen molar-refractivity contribution in [3.8, 4) is 11.5 Å². The predicted octanol–water partition coefficient (Wildman–Crippen LogP) is 1.17. The maximum atomic E-state index is 12.6. The zero-order valence-electron chi connectivity index (χ0n) is 17.5. The Hall–Kier alpha value is -2.95. The summed E-state index contributed by atoms with van der Waals surface area (Å²) in [6, 6.07) is 10.7. The highest BCUT2D eigenvalue weighted by Gasteiger charge is 2.38. The largest absolute Gasteiger partial charge is 0.493 e. The molecule has 1 saturated heterocycles. The number of likely N-dealkylation sites (tertiary alicyclic amines) is 1. The lowest BCUT2D eigenvalue weighted by molar-refractivity contribution is -0.138. The highest BCUT2D eigenvalue weighted by Crippen LogP contribution is 2.28. The van der Waals surface area contributed by atoms with Gasteiger partial charge in [0.2, 0.25) is 11.8 Å². The molecule has 2 aromatic carbocycles. The molecule has 2 amide bonds. The zero-order valence-corrected chi connectivity index (χ0v) is 18.4. The minimum atomic E-state index is -3.86. The molecule has 2 aromatic rings. The Morgan fingerprint density at radius 3 is 2.35 bits per heavy atom. The highest BCUT2D eigenvalue weighted by molar-refractivity contribution is 7.89. The second kappa shape index (κ2) is 9.46. The summed E-state index contributed by atoms with van der Waals surface area (Å²) in [5.74, 6) is 0.309. The summed E-state index contributed by atoms with van der Waals surface area (Å²) in [6.07, 6.45) is 0.306. The number of rotatable bonds is 9. The van der Waals surface area contributed by atoms with Gasteiger partial charge in [0.25, 0.3) is 10.0 Å². The molecular formula is C21H25N3O6S. The molecule has 2 N–H and O–H groups in total. The van der Waals surface area contributed by atoms with Gasteiger partial charge in [0, 0.05) is 6.54 Å². The van der Waals surface area contributed by atoms with E-state index in [9.17, 15) is 18.0 Å². The lowest BCUT2D eigenvalue weighted by atomic mass is 10.1. The van der Waals surface area contributed by atoms with Crippen molar-refractivity contribution in [1.82, 2.24) is 15.2 Å². The molecule has 9 nitrogen and oxygen atoms in total. The van der Waals surface area contributed by atoms with E-state index in [0.717, 1.165) is 16.0 Å². The molecule has 0 spiro atoms. The molecule has 0 saturated carbocycles. The molecule has 3 rings (SSSR count). The zero-order chi connectivity index (χ0) is 22.6. The first-order chi connectivity index (χ1) is 14.7. The van der Waals surface area contributed by atoms with Crippen molar-refractivity contribution in [1.29, 1.82) is 0 Å². The van der Waals surface area contributed by atoms with Gasteiger partial charge in [0.05, 0.1) is 25.5 Å². The van der Waals surface area contributed by atoms with E-state index in [-0.39, 0.29) is 23.8 Å². The fraction of sp³-hybridized carbons (Fsp3) is 0.333. The number of ether oxygens (including phenoxy) is 2. The Balaban J connectivity index is 1.60. The summed E-state index contributed by atoms with van der Waals surface area (Å²) < 4.78 is 35.2. The third kappa shape index (κ3) is 5.22. The van der Waals surface area contributed by atoms with E-state index in [1.54, 1.807) is 31.4 Å². The molecule has 0 aromatic heterocycles. The van der Waals surface area contributed by atoms with Crippen molar-refractivity contribution < 1.29 is 27.5 Å². The summed E-state index contributed by atoms with van der Waals surface area (Å²) >= 11 is 0. The van der Waals surface area contributed by atoms with Gasteiger partial charge in [-0.15, -0.1) is 4.83 Å². The van der Waals surface area contributed by atoms with Crippen molar-refractivity contribution in [3.05, 3.63) is 53.6 Å². The molecule has 10 heteroatoms. The van der Waals surface area contributed by atoms with Gasteiger partial charge >= 0.3 is 0 Å². The maximum absolute atomic E-state index is 12.6. The van der Waals surface area contributed by atoms with Crippen LogP contribution in [0.15, 0.2) is 47.4 Å². The lowest BCUT2D eigenvalue weighted by Crippen LogP contribution is -2.48. The van der Waals surface area contributed by atoms with Gasteiger partial charge in [-0.1, -0.05) is 23.8 Å². The minimum Gasteiger partial charge on any atom is -0.493 e. The minimum absolute atomic E-state index is 0.0627. The third-order valence-corrected chi connectivity index (χ3v) is 6.29. The van der Waals surface area contributed by atoms with Gasteiger partial charge in [-0.3, -0.25) is 14.5 Å². The molecule has 1 fully saturated rings. The smallest absolute Gasteiger partial charge is 0.253 e. The average Bonchev–Trinajstić information content (AvgIpc) is 3.03. The van der Waals surface area contributed by atoms with Crippen molar-refractivity contribution in [3.63, 3.8) is 0 Å². The number of carbonyl (C=O) groups is 2. The number of methoxy groups -OCH3 is 2. The number of nitrogens with one attached hydrogen (secondary N) is 2. The van der Waals surface area contributed by atoms with Crippen LogP contribution in [0.4, 0.5) is 0 Å². The highest BCUT2D eigenvalue weighted by atomic mass is 32.2. The number of carbonyl (C=O) groups excluding carboxylic acids is 2. The first kappa shape index (κ1) is 22.7.